The maximum absolute atomic E-state index is 11.3. The van der Waals surface area contributed by atoms with E-state index >= 15 is 0 Å². The van der Waals surface area contributed by atoms with Crippen LogP contribution in [-0.4, -0.2) is 23.7 Å². The maximum Gasteiger partial charge on any atom is 0.302 e. The molecule has 0 unspecified atom stereocenters. The maximum atomic E-state index is 11.3. The van der Waals surface area contributed by atoms with Crippen LogP contribution in [0.15, 0.2) is 60.5 Å². The van der Waals surface area contributed by atoms with Crippen molar-refractivity contribution < 1.29 is 18.8 Å². The number of nitrogens with zero attached hydrogens (tertiary/aromatic N) is 3. The van der Waals surface area contributed by atoms with Gasteiger partial charge in [-0.25, -0.2) is 9.13 Å². The Bertz CT molecular complexity index is 1270. The van der Waals surface area contributed by atoms with Gasteiger partial charge >= 0.3 is 5.97 Å². The fraction of sp³-hybridized carbons (Fsp3) is 0.308. The third-order valence-electron chi connectivity index (χ3n) is 6.12. The van der Waals surface area contributed by atoms with Crippen molar-refractivity contribution in [3.63, 3.8) is 0 Å². The van der Waals surface area contributed by atoms with Gasteiger partial charge in [-0.05, 0) is 55.8 Å². The van der Waals surface area contributed by atoms with E-state index in [-0.39, 0.29) is 5.97 Å². The molecular weight excluding hydrogens is 402 g/mol. The summed E-state index contributed by atoms with van der Waals surface area (Å²) in [5, 5.41) is 0. The van der Waals surface area contributed by atoms with Gasteiger partial charge in [0.05, 0.1) is 12.2 Å². The Morgan fingerprint density at radius 1 is 1.22 bits per heavy atom. The number of anilines is 1. The third kappa shape index (κ3) is 3.45. The number of hydrogen-bond donors (Lipinski definition) is 0. The van der Waals surface area contributed by atoms with Crippen LogP contribution in [0.2, 0.25) is 0 Å². The lowest BCUT2D eigenvalue weighted by Gasteiger charge is -2.15. The molecule has 6 heteroatoms. The zero-order chi connectivity index (χ0) is 22.2. The number of para-hydroxylation sites is 2. The minimum atomic E-state index is -0.251. The van der Waals surface area contributed by atoms with E-state index in [1.54, 1.807) is 0 Å². The average molecular weight is 431 g/mol. The number of carbonyl (C=O) groups is 1. The molecule has 0 saturated heterocycles. The van der Waals surface area contributed by atoms with Gasteiger partial charge in [-0.1, -0.05) is 18.2 Å². The van der Waals surface area contributed by atoms with Crippen LogP contribution in [0.4, 0.5) is 5.69 Å². The summed E-state index contributed by atoms with van der Waals surface area (Å²) in [4.78, 5) is 13.5. The average Bonchev–Trinajstić information content (AvgIpc) is 3.43. The number of allylic oxidation sites excluding steroid dienone is 3. The van der Waals surface area contributed by atoms with Gasteiger partial charge in [-0.15, -0.1) is 0 Å². The van der Waals surface area contributed by atoms with E-state index in [4.69, 9.17) is 9.47 Å². The van der Waals surface area contributed by atoms with Gasteiger partial charge in [-0.3, -0.25) is 4.79 Å². The number of ether oxygens (including phenoxy) is 2. The summed E-state index contributed by atoms with van der Waals surface area (Å²) in [7, 11) is 0. The summed E-state index contributed by atoms with van der Waals surface area (Å²) >= 11 is 0. The Morgan fingerprint density at radius 2 is 2.06 bits per heavy atom. The first-order valence-electron chi connectivity index (χ1n) is 11.2. The predicted molar refractivity (Wildman–Crippen MR) is 124 cm³/mol. The van der Waals surface area contributed by atoms with Crippen LogP contribution in [0.25, 0.3) is 16.6 Å². The molecule has 32 heavy (non-hydrogen) atoms. The molecule has 5 rings (SSSR count). The predicted octanol–water partition coefficient (Wildman–Crippen LogP) is 4.35. The van der Waals surface area contributed by atoms with E-state index < -0.39 is 0 Å². The first-order chi connectivity index (χ1) is 15.6. The minimum Gasteiger partial charge on any atom is -0.462 e. The Balaban J connectivity index is 1.52. The Labute approximate surface area is 188 Å². The molecule has 6 nitrogen and oxygen atoms in total. The van der Waals surface area contributed by atoms with Crippen LogP contribution in [0.5, 0.6) is 5.75 Å². The Kier molecular flexibility index (Phi) is 5.21. The summed E-state index contributed by atoms with van der Waals surface area (Å²) in [6.07, 6.45) is 5.21. The summed E-state index contributed by atoms with van der Waals surface area (Å²) < 4.78 is 16.0. The van der Waals surface area contributed by atoms with Crippen molar-refractivity contribution in [3.8, 4) is 5.75 Å². The molecule has 0 atom stereocenters. The van der Waals surface area contributed by atoms with Gasteiger partial charge in [0, 0.05) is 25.5 Å². The van der Waals surface area contributed by atoms with Crippen LogP contribution in [0.1, 0.15) is 31.7 Å². The van der Waals surface area contributed by atoms with Gasteiger partial charge in [0.25, 0.3) is 5.82 Å². The molecule has 0 saturated carbocycles. The topological polar surface area (TPSA) is 47.6 Å². The zero-order valence-electron chi connectivity index (χ0n) is 18.8. The van der Waals surface area contributed by atoms with E-state index in [0.29, 0.717) is 13.2 Å². The number of aromatic nitrogens is 2. The highest BCUT2D eigenvalue weighted by Crippen LogP contribution is 2.39. The van der Waals surface area contributed by atoms with Crippen molar-refractivity contribution in [2.75, 3.05) is 18.1 Å². The van der Waals surface area contributed by atoms with Crippen molar-refractivity contribution in [2.24, 2.45) is 0 Å². The van der Waals surface area contributed by atoms with Crippen LogP contribution >= 0.6 is 0 Å². The number of aryl methyl sites for hydroxylation is 2. The van der Waals surface area contributed by atoms with E-state index in [1.807, 2.05) is 6.07 Å². The Morgan fingerprint density at radius 3 is 2.88 bits per heavy atom. The quantitative estimate of drug-likeness (QED) is 0.446. The summed E-state index contributed by atoms with van der Waals surface area (Å²) in [5.74, 6) is 2.67. The molecule has 2 aromatic carbocycles. The van der Waals surface area contributed by atoms with Crippen LogP contribution in [0.3, 0.4) is 0 Å². The van der Waals surface area contributed by atoms with Crippen molar-refractivity contribution in [3.05, 3.63) is 71.9 Å². The first-order valence-corrected chi connectivity index (χ1v) is 11.2. The fourth-order valence-corrected chi connectivity index (χ4v) is 4.71. The normalized spacial score (nSPS) is 17.2. The lowest BCUT2D eigenvalue weighted by molar-refractivity contribution is -0.664. The summed E-state index contributed by atoms with van der Waals surface area (Å²) in [5.41, 5.74) is 5.96. The van der Waals surface area contributed by atoms with E-state index in [0.717, 1.165) is 42.3 Å². The van der Waals surface area contributed by atoms with Gasteiger partial charge < -0.3 is 14.4 Å². The summed E-state index contributed by atoms with van der Waals surface area (Å²) in [6, 6.07) is 14.7. The number of hydrogen-bond acceptors (Lipinski definition) is 4. The lowest BCUT2D eigenvalue weighted by Crippen LogP contribution is -2.32. The molecule has 1 aromatic heterocycles. The number of esters is 1. The highest BCUT2D eigenvalue weighted by Gasteiger charge is 2.33. The van der Waals surface area contributed by atoms with Gasteiger partial charge in [-0.2, -0.15) is 0 Å². The molecule has 0 radical (unpaired) electrons. The van der Waals surface area contributed by atoms with Gasteiger partial charge in [0.2, 0.25) is 5.88 Å². The first kappa shape index (κ1) is 20.4. The number of benzene rings is 2. The standard InChI is InChI=1S/C26H28N3O3/c1-4-27-23-17-18(2)9-11-24(23)32-25(27)12-10-20-13-14-28-21-7-5-6-8-22(21)29(26(20)28)15-16-31-19(3)30/h5-12,17H,4,13-16H2,1-3H3/q+1. The van der Waals surface area contributed by atoms with E-state index in [1.165, 1.54) is 29.4 Å². The number of carbonyl (C=O) groups excluding carboxylic acids is 1. The monoisotopic (exact) mass is 430 g/mol. The van der Waals surface area contributed by atoms with E-state index in [2.05, 4.69) is 76.4 Å². The molecule has 0 N–H and O–H groups in total. The number of imidazole rings is 1. The smallest absolute Gasteiger partial charge is 0.302 e. The molecule has 0 fully saturated rings. The number of fused-ring (bicyclic) bond motifs is 4. The molecule has 0 aliphatic carbocycles. The molecular formula is C26H28N3O3+. The van der Waals surface area contributed by atoms with Gasteiger partial charge in [0.1, 0.15) is 13.2 Å². The van der Waals surface area contributed by atoms with Gasteiger partial charge in [0.15, 0.2) is 16.8 Å². The molecule has 0 bridgehead atoms. The van der Waals surface area contributed by atoms with Crippen molar-refractivity contribution in [1.82, 2.24) is 4.57 Å². The number of rotatable bonds is 5. The molecule has 2 aliphatic heterocycles. The molecule has 164 valence electrons. The van der Waals surface area contributed by atoms with Crippen LogP contribution < -0.4 is 14.2 Å². The fourth-order valence-electron chi connectivity index (χ4n) is 4.71. The highest BCUT2D eigenvalue weighted by molar-refractivity contribution is 5.77. The molecule has 0 amide bonds. The van der Waals surface area contributed by atoms with Crippen molar-refractivity contribution in [2.45, 2.75) is 40.3 Å². The molecule has 3 aromatic rings. The zero-order valence-corrected chi connectivity index (χ0v) is 18.8. The third-order valence-corrected chi connectivity index (χ3v) is 6.12. The second-order valence-corrected chi connectivity index (χ2v) is 8.22. The second kappa shape index (κ2) is 8.19. The summed E-state index contributed by atoms with van der Waals surface area (Å²) in [6.45, 7) is 8.44. The molecule has 3 heterocycles. The molecule has 2 aliphatic rings. The van der Waals surface area contributed by atoms with E-state index in [9.17, 15) is 4.79 Å². The second-order valence-electron chi connectivity index (χ2n) is 8.22. The van der Waals surface area contributed by atoms with Crippen molar-refractivity contribution >= 4 is 28.3 Å². The minimum absolute atomic E-state index is 0.251. The largest absolute Gasteiger partial charge is 0.462 e. The highest BCUT2D eigenvalue weighted by atomic mass is 16.5. The van der Waals surface area contributed by atoms with Crippen LogP contribution in [0, 0.1) is 6.92 Å². The lowest BCUT2D eigenvalue weighted by atomic mass is 10.2. The molecule has 0 spiro atoms. The SMILES string of the molecule is CCN1C(=CC=C2CC[n+]3c2n(CCOC(C)=O)c2ccccc23)Oc2ccc(C)cc21. The van der Waals surface area contributed by atoms with Crippen LogP contribution in [-0.2, 0) is 22.6 Å². The Hall–Kier alpha value is -3.54. The van der Waals surface area contributed by atoms with Crippen molar-refractivity contribution in [1.29, 1.82) is 0 Å².